The molecule has 17 heavy (non-hydrogen) atoms. The van der Waals surface area contributed by atoms with Crippen molar-refractivity contribution in [3.05, 3.63) is 53.3 Å². The van der Waals surface area contributed by atoms with Crippen molar-refractivity contribution in [2.75, 3.05) is 0 Å². The molecule has 0 amide bonds. The minimum absolute atomic E-state index is 0.250. The lowest BCUT2D eigenvalue weighted by Gasteiger charge is -2.09. The van der Waals surface area contributed by atoms with Crippen LogP contribution in [0, 0.1) is 13.8 Å². The van der Waals surface area contributed by atoms with Gasteiger partial charge in [0.15, 0.2) is 0 Å². The Balaban J connectivity index is 2.10. The first-order valence-electron chi connectivity index (χ1n) is 5.51. The number of ether oxygens (including phenoxy) is 1. The van der Waals surface area contributed by atoms with E-state index in [1.54, 1.807) is 12.1 Å². The summed E-state index contributed by atoms with van der Waals surface area (Å²) in [5, 5.41) is 9.55. The van der Waals surface area contributed by atoms with Crippen LogP contribution in [-0.4, -0.2) is 10.1 Å². The normalized spacial score (nSPS) is 10.2. The van der Waals surface area contributed by atoms with Gasteiger partial charge in [-0.2, -0.15) is 0 Å². The molecule has 2 aromatic rings. The molecule has 2 rings (SSSR count). The molecule has 0 aliphatic carbocycles. The highest BCUT2D eigenvalue weighted by Crippen LogP contribution is 2.26. The number of phenolic OH excluding ortho intramolecular Hbond substituents is 1. The third-order valence-electron chi connectivity index (χ3n) is 2.58. The molecule has 0 saturated heterocycles. The molecule has 0 bridgehead atoms. The lowest BCUT2D eigenvalue weighted by Crippen LogP contribution is -2.00. The topological polar surface area (TPSA) is 42.4 Å². The van der Waals surface area contributed by atoms with Gasteiger partial charge in [-0.3, -0.25) is 4.98 Å². The molecular formula is C14H15NO2. The molecule has 0 unspecified atom stereocenters. The van der Waals surface area contributed by atoms with Crippen molar-refractivity contribution in [2.45, 2.75) is 20.5 Å². The van der Waals surface area contributed by atoms with Crippen LogP contribution in [0.15, 0.2) is 36.4 Å². The van der Waals surface area contributed by atoms with Crippen molar-refractivity contribution >= 4 is 0 Å². The number of hydrogen-bond acceptors (Lipinski definition) is 3. The largest absolute Gasteiger partial charge is 0.508 e. The molecule has 1 aromatic heterocycles. The van der Waals surface area contributed by atoms with Crippen molar-refractivity contribution in [3.63, 3.8) is 0 Å². The second-order valence-electron chi connectivity index (χ2n) is 3.96. The van der Waals surface area contributed by atoms with E-state index in [2.05, 4.69) is 4.98 Å². The maximum Gasteiger partial charge on any atom is 0.130 e. The fraction of sp³-hybridized carbons (Fsp3) is 0.214. The van der Waals surface area contributed by atoms with Gasteiger partial charge in [-0.25, -0.2) is 0 Å². The SMILES string of the molecule is Cc1cccc(COc2cccc(O)c2C)n1. The molecule has 0 aliphatic heterocycles. The minimum atomic E-state index is 0.250. The second kappa shape index (κ2) is 4.87. The van der Waals surface area contributed by atoms with E-state index < -0.39 is 0 Å². The molecule has 0 spiro atoms. The molecular weight excluding hydrogens is 214 g/mol. The Labute approximate surface area is 101 Å². The number of aromatic hydroxyl groups is 1. The quantitative estimate of drug-likeness (QED) is 0.879. The zero-order valence-corrected chi connectivity index (χ0v) is 9.97. The fourth-order valence-electron chi connectivity index (χ4n) is 1.59. The number of hydrogen-bond donors (Lipinski definition) is 1. The Bertz CT molecular complexity index is 523. The number of nitrogens with zero attached hydrogens (tertiary/aromatic N) is 1. The summed E-state index contributed by atoms with van der Waals surface area (Å²) in [7, 11) is 0. The van der Waals surface area contributed by atoms with Crippen LogP contribution in [0.2, 0.25) is 0 Å². The standard InChI is InChI=1S/C14H15NO2/c1-10-5-3-6-12(15-10)9-17-14-8-4-7-13(16)11(14)2/h3-8,16H,9H2,1-2H3. The number of aromatic nitrogens is 1. The van der Waals surface area contributed by atoms with E-state index in [0.717, 1.165) is 17.0 Å². The average Bonchev–Trinajstić information content (AvgIpc) is 2.31. The van der Waals surface area contributed by atoms with Crippen LogP contribution in [0.3, 0.4) is 0 Å². The van der Waals surface area contributed by atoms with Crippen LogP contribution in [-0.2, 0) is 6.61 Å². The molecule has 0 radical (unpaired) electrons. The summed E-state index contributed by atoms with van der Waals surface area (Å²) >= 11 is 0. The monoisotopic (exact) mass is 229 g/mol. The van der Waals surface area contributed by atoms with Gasteiger partial charge in [-0.05, 0) is 38.1 Å². The Morgan fingerprint density at radius 2 is 1.88 bits per heavy atom. The predicted octanol–water partition coefficient (Wildman–Crippen LogP) is 2.98. The van der Waals surface area contributed by atoms with Crippen LogP contribution < -0.4 is 4.74 Å². The highest BCUT2D eigenvalue weighted by molar-refractivity contribution is 5.42. The Kier molecular flexibility index (Phi) is 3.28. The summed E-state index contributed by atoms with van der Waals surface area (Å²) in [6.07, 6.45) is 0. The van der Waals surface area contributed by atoms with E-state index in [1.165, 1.54) is 0 Å². The zero-order valence-electron chi connectivity index (χ0n) is 9.97. The Morgan fingerprint density at radius 1 is 1.12 bits per heavy atom. The van der Waals surface area contributed by atoms with Gasteiger partial charge in [0.2, 0.25) is 0 Å². The Hall–Kier alpha value is -2.03. The van der Waals surface area contributed by atoms with E-state index in [1.807, 2.05) is 38.1 Å². The first kappa shape index (κ1) is 11.5. The fourth-order valence-corrected chi connectivity index (χ4v) is 1.59. The van der Waals surface area contributed by atoms with Crippen LogP contribution in [0.25, 0.3) is 0 Å². The lowest BCUT2D eigenvalue weighted by molar-refractivity contribution is 0.297. The summed E-state index contributed by atoms with van der Waals surface area (Å²) in [4.78, 5) is 4.35. The number of pyridine rings is 1. The van der Waals surface area contributed by atoms with Gasteiger partial charge in [0, 0.05) is 11.3 Å². The number of benzene rings is 1. The molecule has 0 atom stereocenters. The molecule has 0 fully saturated rings. The van der Waals surface area contributed by atoms with Crippen LogP contribution >= 0.6 is 0 Å². The van der Waals surface area contributed by atoms with E-state index in [9.17, 15) is 5.11 Å². The Morgan fingerprint density at radius 3 is 2.65 bits per heavy atom. The molecule has 1 N–H and O–H groups in total. The smallest absolute Gasteiger partial charge is 0.130 e. The molecule has 1 heterocycles. The molecule has 88 valence electrons. The maximum absolute atomic E-state index is 9.55. The van der Waals surface area contributed by atoms with E-state index in [-0.39, 0.29) is 5.75 Å². The summed E-state index contributed by atoms with van der Waals surface area (Å²) in [6, 6.07) is 11.1. The summed E-state index contributed by atoms with van der Waals surface area (Å²) < 4.78 is 5.64. The molecule has 3 heteroatoms. The van der Waals surface area contributed by atoms with Crippen LogP contribution in [0.5, 0.6) is 11.5 Å². The predicted molar refractivity (Wildman–Crippen MR) is 66.1 cm³/mol. The van der Waals surface area contributed by atoms with Gasteiger partial charge in [0.25, 0.3) is 0 Å². The number of aryl methyl sites for hydroxylation is 1. The first-order chi connectivity index (χ1) is 8.16. The van der Waals surface area contributed by atoms with Crippen LogP contribution in [0.4, 0.5) is 0 Å². The van der Waals surface area contributed by atoms with Gasteiger partial charge in [0.05, 0.1) is 5.69 Å². The van der Waals surface area contributed by atoms with Crippen LogP contribution in [0.1, 0.15) is 17.0 Å². The third kappa shape index (κ3) is 2.75. The molecule has 3 nitrogen and oxygen atoms in total. The van der Waals surface area contributed by atoms with E-state index in [0.29, 0.717) is 12.4 Å². The van der Waals surface area contributed by atoms with Crippen molar-refractivity contribution in [3.8, 4) is 11.5 Å². The maximum atomic E-state index is 9.55. The second-order valence-corrected chi connectivity index (χ2v) is 3.96. The highest BCUT2D eigenvalue weighted by Gasteiger charge is 2.04. The number of rotatable bonds is 3. The third-order valence-corrected chi connectivity index (χ3v) is 2.58. The van der Waals surface area contributed by atoms with E-state index >= 15 is 0 Å². The van der Waals surface area contributed by atoms with Crippen molar-refractivity contribution in [1.82, 2.24) is 4.98 Å². The first-order valence-corrected chi connectivity index (χ1v) is 5.51. The van der Waals surface area contributed by atoms with E-state index in [4.69, 9.17) is 4.74 Å². The lowest BCUT2D eigenvalue weighted by atomic mass is 10.2. The summed E-state index contributed by atoms with van der Waals surface area (Å²) in [5.74, 6) is 0.938. The molecule has 0 aliphatic rings. The van der Waals surface area contributed by atoms with Gasteiger partial charge in [0.1, 0.15) is 18.1 Å². The molecule has 0 saturated carbocycles. The van der Waals surface area contributed by atoms with Gasteiger partial charge in [-0.1, -0.05) is 12.1 Å². The number of phenols is 1. The average molecular weight is 229 g/mol. The van der Waals surface area contributed by atoms with Gasteiger partial charge in [-0.15, -0.1) is 0 Å². The van der Waals surface area contributed by atoms with Crippen molar-refractivity contribution < 1.29 is 9.84 Å². The molecule has 1 aromatic carbocycles. The van der Waals surface area contributed by atoms with Gasteiger partial charge >= 0.3 is 0 Å². The van der Waals surface area contributed by atoms with Gasteiger partial charge < -0.3 is 9.84 Å². The summed E-state index contributed by atoms with van der Waals surface area (Å²) in [6.45, 7) is 4.18. The zero-order chi connectivity index (χ0) is 12.3. The summed E-state index contributed by atoms with van der Waals surface area (Å²) in [5.41, 5.74) is 2.60. The minimum Gasteiger partial charge on any atom is -0.508 e. The van der Waals surface area contributed by atoms with Crippen molar-refractivity contribution in [2.24, 2.45) is 0 Å². The highest BCUT2D eigenvalue weighted by atomic mass is 16.5. The van der Waals surface area contributed by atoms with Crippen molar-refractivity contribution in [1.29, 1.82) is 0 Å².